The van der Waals surface area contributed by atoms with Crippen LogP contribution in [0.1, 0.15) is 24.1 Å². The molecule has 2 rings (SSSR count). The lowest BCUT2D eigenvalue weighted by atomic mass is 10.3. The molecule has 2 heterocycles. The van der Waals surface area contributed by atoms with Gasteiger partial charge < -0.3 is 9.84 Å². The van der Waals surface area contributed by atoms with Gasteiger partial charge in [0.25, 0.3) is 0 Å². The van der Waals surface area contributed by atoms with Crippen LogP contribution in [0, 0.1) is 6.92 Å². The fraction of sp³-hybridized carbons (Fsp3) is 0.545. The molecule has 0 aliphatic heterocycles. The zero-order chi connectivity index (χ0) is 13.0. The van der Waals surface area contributed by atoms with Crippen molar-refractivity contribution >= 4 is 11.6 Å². The highest BCUT2D eigenvalue weighted by atomic mass is 35.5. The first-order chi connectivity index (χ1) is 8.72. The van der Waals surface area contributed by atoms with Crippen LogP contribution in [0.4, 0.5) is 0 Å². The minimum Gasteiger partial charge on any atom is -0.343 e. The van der Waals surface area contributed by atoms with E-state index in [-0.39, 0.29) is 0 Å². The number of hydrogen-bond acceptors (Lipinski definition) is 5. The van der Waals surface area contributed by atoms with E-state index in [0.29, 0.717) is 12.4 Å². The lowest BCUT2D eigenvalue weighted by molar-refractivity contribution is 0.409. The van der Waals surface area contributed by atoms with E-state index in [4.69, 9.17) is 11.6 Å². The van der Waals surface area contributed by atoms with Crippen LogP contribution in [-0.2, 0) is 19.5 Å². The van der Waals surface area contributed by atoms with E-state index >= 15 is 0 Å². The Bertz CT molecular complexity index is 494. The first-order valence-corrected chi connectivity index (χ1v) is 6.28. The van der Waals surface area contributed by atoms with E-state index in [1.807, 2.05) is 18.5 Å². The van der Waals surface area contributed by atoms with Crippen LogP contribution in [-0.4, -0.2) is 26.5 Å². The van der Waals surface area contributed by atoms with Gasteiger partial charge in [0.05, 0.1) is 16.4 Å². The van der Waals surface area contributed by atoms with Crippen LogP contribution in [0.5, 0.6) is 0 Å². The number of hydrogen-bond donors (Lipinski definition) is 1. The minimum absolute atomic E-state index is 0.686. The molecule has 0 amide bonds. The maximum Gasteiger partial charge on any atom is 0.213 e. The SMILES string of the molecule is CCn1nc(C)c(Cl)c1CNCCc1ncon1. The second kappa shape index (κ2) is 5.97. The summed E-state index contributed by atoms with van der Waals surface area (Å²) in [7, 11) is 0. The lowest BCUT2D eigenvalue weighted by Crippen LogP contribution is -2.19. The van der Waals surface area contributed by atoms with Crippen molar-refractivity contribution in [3.05, 3.63) is 28.6 Å². The summed E-state index contributed by atoms with van der Waals surface area (Å²) in [6.45, 7) is 6.23. The van der Waals surface area contributed by atoms with Crippen LogP contribution >= 0.6 is 11.6 Å². The standard InChI is InChI=1S/C11H16ClN5O/c1-3-17-9(11(12)8(2)15-17)6-13-5-4-10-14-7-18-16-10/h7,13H,3-6H2,1-2H3. The van der Waals surface area contributed by atoms with Crippen molar-refractivity contribution in [1.29, 1.82) is 0 Å². The minimum atomic E-state index is 0.686. The Kier molecular flexibility index (Phi) is 4.33. The molecule has 0 atom stereocenters. The Balaban J connectivity index is 1.86. The number of nitrogens with one attached hydrogen (secondary N) is 1. The Labute approximate surface area is 110 Å². The molecule has 1 N–H and O–H groups in total. The average molecular weight is 270 g/mol. The van der Waals surface area contributed by atoms with Crippen LogP contribution in [0.25, 0.3) is 0 Å². The van der Waals surface area contributed by atoms with Crippen LogP contribution in [0.2, 0.25) is 5.02 Å². The Morgan fingerprint density at radius 3 is 3.00 bits per heavy atom. The fourth-order valence-corrected chi connectivity index (χ4v) is 1.95. The summed E-state index contributed by atoms with van der Waals surface area (Å²) in [5, 5.41) is 12.2. The molecular formula is C11H16ClN5O. The third-order valence-corrected chi connectivity index (χ3v) is 3.17. The second-order valence-electron chi connectivity index (χ2n) is 3.94. The van der Waals surface area contributed by atoms with Crippen molar-refractivity contribution in [1.82, 2.24) is 25.2 Å². The van der Waals surface area contributed by atoms with E-state index < -0.39 is 0 Å². The summed E-state index contributed by atoms with van der Waals surface area (Å²) in [6.07, 6.45) is 2.06. The Morgan fingerprint density at radius 2 is 2.33 bits per heavy atom. The van der Waals surface area contributed by atoms with Gasteiger partial charge in [0, 0.05) is 26.1 Å². The molecule has 2 aromatic heterocycles. The van der Waals surface area contributed by atoms with Crippen molar-refractivity contribution in [2.45, 2.75) is 33.4 Å². The molecule has 0 bridgehead atoms. The van der Waals surface area contributed by atoms with Gasteiger partial charge in [-0.25, -0.2) is 0 Å². The van der Waals surface area contributed by atoms with E-state index in [0.717, 1.165) is 35.9 Å². The van der Waals surface area contributed by atoms with E-state index in [1.165, 1.54) is 6.39 Å². The van der Waals surface area contributed by atoms with E-state index in [9.17, 15) is 0 Å². The predicted octanol–water partition coefficient (Wildman–Crippen LogP) is 1.58. The summed E-state index contributed by atoms with van der Waals surface area (Å²) >= 11 is 6.21. The quantitative estimate of drug-likeness (QED) is 0.807. The summed E-state index contributed by atoms with van der Waals surface area (Å²) in [5.74, 6) is 0.703. The van der Waals surface area contributed by atoms with Crippen LogP contribution in [0.15, 0.2) is 10.9 Å². The van der Waals surface area contributed by atoms with Gasteiger partial charge in [-0.15, -0.1) is 0 Å². The van der Waals surface area contributed by atoms with Gasteiger partial charge in [-0.05, 0) is 13.8 Å². The van der Waals surface area contributed by atoms with Crippen molar-refractivity contribution in [2.75, 3.05) is 6.54 Å². The normalized spacial score (nSPS) is 11.1. The summed E-state index contributed by atoms with van der Waals surface area (Å²) in [6, 6.07) is 0. The highest BCUT2D eigenvalue weighted by molar-refractivity contribution is 6.31. The number of halogens is 1. The van der Waals surface area contributed by atoms with Crippen molar-refractivity contribution in [2.24, 2.45) is 0 Å². The average Bonchev–Trinajstić information content (AvgIpc) is 2.96. The van der Waals surface area contributed by atoms with Gasteiger partial charge in [0.2, 0.25) is 6.39 Å². The molecule has 0 saturated carbocycles. The molecule has 6 nitrogen and oxygen atoms in total. The predicted molar refractivity (Wildman–Crippen MR) is 67.4 cm³/mol. The zero-order valence-corrected chi connectivity index (χ0v) is 11.2. The topological polar surface area (TPSA) is 68.8 Å². The van der Waals surface area contributed by atoms with Gasteiger partial charge in [0.1, 0.15) is 0 Å². The third kappa shape index (κ3) is 2.88. The summed E-state index contributed by atoms with van der Waals surface area (Å²) in [5.41, 5.74) is 1.89. The maximum absolute atomic E-state index is 6.21. The summed E-state index contributed by atoms with van der Waals surface area (Å²) < 4.78 is 6.58. The van der Waals surface area contributed by atoms with Gasteiger partial charge in [-0.1, -0.05) is 16.8 Å². The van der Waals surface area contributed by atoms with Crippen molar-refractivity contribution in [3.63, 3.8) is 0 Å². The van der Waals surface area contributed by atoms with E-state index in [2.05, 4.69) is 25.1 Å². The maximum atomic E-state index is 6.21. The molecule has 0 fully saturated rings. The first kappa shape index (κ1) is 13.0. The second-order valence-corrected chi connectivity index (χ2v) is 4.31. The molecule has 98 valence electrons. The molecule has 0 aliphatic carbocycles. The lowest BCUT2D eigenvalue weighted by Gasteiger charge is -2.06. The molecule has 0 unspecified atom stereocenters. The molecule has 0 radical (unpaired) electrons. The molecule has 0 aliphatic rings. The summed E-state index contributed by atoms with van der Waals surface area (Å²) in [4.78, 5) is 3.95. The smallest absolute Gasteiger partial charge is 0.213 e. The van der Waals surface area contributed by atoms with Gasteiger partial charge in [-0.3, -0.25) is 4.68 Å². The molecular weight excluding hydrogens is 254 g/mol. The largest absolute Gasteiger partial charge is 0.343 e. The van der Waals surface area contributed by atoms with Crippen molar-refractivity contribution in [3.8, 4) is 0 Å². The first-order valence-electron chi connectivity index (χ1n) is 5.90. The number of nitrogens with zero attached hydrogens (tertiary/aromatic N) is 4. The fourth-order valence-electron chi connectivity index (χ4n) is 1.75. The molecule has 0 spiro atoms. The Hall–Kier alpha value is -1.40. The third-order valence-electron chi connectivity index (χ3n) is 2.68. The Morgan fingerprint density at radius 1 is 1.50 bits per heavy atom. The molecule has 0 aromatic carbocycles. The number of rotatable bonds is 6. The van der Waals surface area contributed by atoms with Gasteiger partial charge >= 0.3 is 0 Å². The zero-order valence-electron chi connectivity index (χ0n) is 10.5. The van der Waals surface area contributed by atoms with Crippen molar-refractivity contribution < 1.29 is 4.52 Å². The van der Waals surface area contributed by atoms with Crippen LogP contribution in [0.3, 0.4) is 0 Å². The molecule has 0 saturated heterocycles. The molecule has 18 heavy (non-hydrogen) atoms. The number of aryl methyl sites for hydroxylation is 2. The monoisotopic (exact) mass is 269 g/mol. The van der Waals surface area contributed by atoms with Gasteiger partial charge in [0.15, 0.2) is 5.82 Å². The van der Waals surface area contributed by atoms with Crippen LogP contribution < -0.4 is 5.32 Å². The highest BCUT2D eigenvalue weighted by Crippen LogP contribution is 2.19. The highest BCUT2D eigenvalue weighted by Gasteiger charge is 2.11. The number of aromatic nitrogens is 4. The van der Waals surface area contributed by atoms with Gasteiger partial charge in [-0.2, -0.15) is 10.1 Å². The van der Waals surface area contributed by atoms with E-state index in [1.54, 1.807) is 0 Å². The molecule has 2 aromatic rings. The molecule has 7 heteroatoms.